The van der Waals surface area contributed by atoms with Gasteiger partial charge in [0.1, 0.15) is 0 Å². The van der Waals surface area contributed by atoms with E-state index in [9.17, 15) is 4.79 Å². The van der Waals surface area contributed by atoms with Gasteiger partial charge in [0, 0.05) is 24.1 Å². The van der Waals surface area contributed by atoms with E-state index in [0.717, 1.165) is 5.56 Å². The molecule has 94 valence electrons. The monoisotopic (exact) mass is 255 g/mol. The van der Waals surface area contributed by atoms with Crippen LogP contribution < -0.4 is 5.32 Å². The molecule has 1 rings (SSSR count). The third kappa shape index (κ3) is 4.02. The summed E-state index contributed by atoms with van der Waals surface area (Å²) in [6.07, 6.45) is 0. The first-order valence-corrected chi connectivity index (χ1v) is 6.18. The minimum Gasteiger partial charge on any atom is -0.396 e. The van der Waals surface area contributed by atoms with Crippen molar-refractivity contribution in [3.05, 3.63) is 35.4 Å². The SMILES string of the molecule is CC(CO)C(C)NC(=O)c1cccc(CCl)c1. The zero-order valence-electron chi connectivity index (χ0n) is 10.1. The van der Waals surface area contributed by atoms with E-state index >= 15 is 0 Å². The number of aliphatic hydroxyl groups excluding tert-OH is 1. The summed E-state index contributed by atoms with van der Waals surface area (Å²) in [5.74, 6) is 0.295. The van der Waals surface area contributed by atoms with Gasteiger partial charge in [0.15, 0.2) is 0 Å². The highest BCUT2D eigenvalue weighted by atomic mass is 35.5. The minimum absolute atomic E-state index is 0.0372. The van der Waals surface area contributed by atoms with E-state index in [-0.39, 0.29) is 24.5 Å². The van der Waals surface area contributed by atoms with Crippen LogP contribution in [0.1, 0.15) is 29.8 Å². The fraction of sp³-hybridized carbons (Fsp3) is 0.462. The Kier molecular flexibility index (Phi) is 5.45. The third-order valence-electron chi connectivity index (χ3n) is 2.84. The predicted octanol–water partition coefficient (Wildman–Crippen LogP) is 2.17. The van der Waals surface area contributed by atoms with Crippen molar-refractivity contribution < 1.29 is 9.90 Å². The summed E-state index contributed by atoms with van der Waals surface area (Å²) >= 11 is 5.72. The molecule has 0 aliphatic heterocycles. The van der Waals surface area contributed by atoms with Crippen LogP contribution in [-0.4, -0.2) is 23.7 Å². The number of amides is 1. The number of hydrogen-bond acceptors (Lipinski definition) is 2. The van der Waals surface area contributed by atoms with Crippen molar-refractivity contribution in [2.24, 2.45) is 5.92 Å². The van der Waals surface area contributed by atoms with Gasteiger partial charge >= 0.3 is 0 Å². The van der Waals surface area contributed by atoms with E-state index in [2.05, 4.69) is 5.32 Å². The number of alkyl halides is 1. The first-order chi connectivity index (χ1) is 8.08. The number of hydrogen-bond donors (Lipinski definition) is 2. The second-order valence-corrected chi connectivity index (χ2v) is 4.52. The molecule has 0 saturated carbocycles. The average Bonchev–Trinajstić information content (AvgIpc) is 2.37. The Hall–Kier alpha value is -1.06. The number of aliphatic hydroxyl groups is 1. The Bertz CT molecular complexity index is 381. The molecule has 0 heterocycles. The molecule has 1 amide bonds. The van der Waals surface area contributed by atoms with E-state index in [0.29, 0.717) is 11.4 Å². The fourth-order valence-electron chi connectivity index (χ4n) is 1.39. The molecule has 0 aromatic heterocycles. The summed E-state index contributed by atoms with van der Waals surface area (Å²) in [5.41, 5.74) is 1.52. The molecule has 0 saturated heterocycles. The van der Waals surface area contributed by atoms with Crippen LogP contribution in [0.4, 0.5) is 0 Å². The molecule has 2 N–H and O–H groups in total. The molecule has 17 heavy (non-hydrogen) atoms. The van der Waals surface area contributed by atoms with Crippen LogP contribution in [0.5, 0.6) is 0 Å². The molecule has 2 unspecified atom stereocenters. The van der Waals surface area contributed by atoms with Crippen molar-refractivity contribution in [2.45, 2.75) is 25.8 Å². The Morgan fingerprint density at radius 3 is 2.76 bits per heavy atom. The molecule has 4 heteroatoms. The van der Waals surface area contributed by atoms with Gasteiger partial charge in [-0.3, -0.25) is 4.79 Å². The zero-order valence-corrected chi connectivity index (χ0v) is 10.9. The quantitative estimate of drug-likeness (QED) is 0.793. The normalized spacial score (nSPS) is 14.1. The molecular weight excluding hydrogens is 238 g/mol. The van der Waals surface area contributed by atoms with Crippen molar-refractivity contribution in [3.8, 4) is 0 Å². The first kappa shape index (κ1) is 14.0. The third-order valence-corrected chi connectivity index (χ3v) is 3.15. The molecule has 0 aliphatic carbocycles. The Balaban J connectivity index is 2.69. The number of nitrogens with one attached hydrogen (secondary N) is 1. The first-order valence-electron chi connectivity index (χ1n) is 5.65. The maximum atomic E-state index is 11.9. The Morgan fingerprint density at radius 1 is 1.47 bits per heavy atom. The van der Waals surface area contributed by atoms with Gasteiger partial charge in [-0.25, -0.2) is 0 Å². The van der Waals surface area contributed by atoms with Gasteiger partial charge in [-0.1, -0.05) is 19.1 Å². The average molecular weight is 256 g/mol. The second-order valence-electron chi connectivity index (χ2n) is 4.26. The van der Waals surface area contributed by atoms with Crippen LogP contribution in [-0.2, 0) is 5.88 Å². The van der Waals surface area contributed by atoms with Gasteiger partial charge in [-0.2, -0.15) is 0 Å². The highest BCUT2D eigenvalue weighted by Gasteiger charge is 2.15. The van der Waals surface area contributed by atoms with Gasteiger partial charge in [-0.05, 0) is 30.5 Å². The highest BCUT2D eigenvalue weighted by Crippen LogP contribution is 2.09. The lowest BCUT2D eigenvalue weighted by Gasteiger charge is -2.19. The lowest BCUT2D eigenvalue weighted by molar-refractivity contribution is 0.0916. The summed E-state index contributed by atoms with van der Waals surface area (Å²) in [6.45, 7) is 3.83. The Morgan fingerprint density at radius 2 is 2.18 bits per heavy atom. The van der Waals surface area contributed by atoms with Crippen molar-refractivity contribution in [1.29, 1.82) is 0 Å². The van der Waals surface area contributed by atoms with Crippen LogP contribution in [0.15, 0.2) is 24.3 Å². The van der Waals surface area contributed by atoms with E-state index in [1.165, 1.54) is 0 Å². The van der Waals surface area contributed by atoms with Gasteiger partial charge in [0.05, 0.1) is 0 Å². The van der Waals surface area contributed by atoms with Crippen LogP contribution in [0.3, 0.4) is 0 Å². The standard InChI is InChI=1S/C13H18ClNO2/c1-9(8-16)10(2)15-13(17)12-5-3-4-11(6-12)7-14/h3-6,9-10,16H,7-8H2,1-2H3,(H,15,17). The smallest absolute Gasteiger partial charge is 0.251 e. The van der Waals surface area contributed by atoms with E-state index in [1.807, 2.05) is 26.0 Å². The minimum atomic E-state index is -0.134. The molecule has 0 spiro atoms. The van der Waals surface area contributed by atoms with Gasteiger partial charge < -0.3 is 10.4 Å². The number of carbonyl (C=O) groups is 1. The van der Waals surface area contributed by atoms with Gasteiger partial charge in [0.25, 0.3) is 5.91 Å². The van der Waals surface area contributed by atoms with E-state index in [1.54, 1.807) is 12.1 Å². The maximum Gasteiger partial charge on any atom is 0.251 e. The largest absolute Gasteiger partial charge is 0.396 e. The molecule has 0 bridgehead atoms. The van der Waals surface area contributed by atoms with E-state index < -0.39 is 0 Å². The molecule has 3 nitrogen and oxygen atoms in total. The fourth-order valence-corrected chi connectivity index (χ4v) is 1.55. The molecule has 0 radical (unpaired) electrons. The lowest BCUT2D eigenvalue weighted by atomic mass is 10.0. The molecule has 2 atom stereocenters. The summed E-state index contributed by atoms with van der Waals surface area (Å²) < 4.78 is 0. The van der Waals surface area contributed by atoms with Gasteiger partial charge in [0.2, 0.25) is 0 Å². The van der Waals surface area contributed by atoms with Crippen LogP contribution in [0.2, 0.25) is 0 Å². The summed E-state index contributed by atoms with van der Waals surface area (Å²) in [7, 11) is 0. The molecule has 1 aromatic rings. The number of rotatable bonds is 5. The highest BCUT2D eigenvalue weighted by molar-refractivity contribution is 6.17. The predicted molar refractivity (Wildman–Crippen MR) is 69.2 cm³/mol. The van der Waals surface area contributed by atoms with Gasteiger partial charge in [-0.15, -0.1) is 11.6 Å². The number of carbonyl (C=O) groups excluding carboxylic acids is 1. The number of halogens is 1. The zero-order chi connectivity index (χ0) is 12.8. The molecule has 0 fully saturated rings. The molecule has 1 aromatic carbocycles. The second kappa shape index (κ2) is 6.62. The number of benzene rings is 1. The van der Waals surface area contributed by atoms with Crippen molar-refractivity contribution in [3.63, 3.8) is 0 Å². The lowest BCUT2D eigenvalue weighted by Crippen LogP contribution is -2.38. The molecular formula is C13H18ClNO2. The topological polar surface area (TPSA) is 49.3 Å². The Labute approximate surface area is 107 Å². The summed E-state index contributed by atoms with van der Waals surface area (Å²) in [5, 5.41) is 11.9. The summed E-state index contributed by atoms with van der Waals surface area (Å²) in [6, 6.07) is 7.16. The molecule has 0 aliphatic rings. The van der Waals surface area contributed by atoms with Crippen LogP contribution in [0, 0.1) is 5.92 Å². The van der Waals surface area contributed by atoms with Crippen molar-refractivity contribution >= 4 is 17.5 Å². The summed E-state index contributed by atoms with van der Waals surface area (Å²) in [4.78, 5) is 11.9. The van der Waals surface area contributed by atoms with E-state index in [4.69, 9.17) is 16.7 Å². The van der Waals surface area contributed by atoms with Crippen LogP contribution in [0.25, 0.3) is 0 Å². The maximum absolute atomic E-state index is 11.9. The van der Waals surface area contributed by atoms with Crippen LogP contribution >= 0.6 is 11.6 Å². The van der Waals surface area contributed by atoms with Crippen molar-refractivity contribution in [2.75, 3.05) is 6.61 Å². The van der Waals surface area contributed by atoms with Crippen molar-refractivity contribution in [1.82, 2.24) is 5.32 Å².